The summed E-state index contributed by atoms with van der Waals surface area (Å²) in [7, 11) is 0. The van der Waals surface area contributed by atoms with Gasteiger partial charge in [0, 0.05) is 6.04 Å². The van der Waals surface area contributed by atoms with Crippen LogP contribution in [0.1, 0.15) is 35.9 Å². The lowest BCUT2D eigenvalue weighted by Crippen LogP contribution is -2.25. The monoisotopic (exact) mass is 209 g/mol. The summed E-state index contributed by atoms with van der Waals surface area (Å²) in [4.78, 5) is 12.4. The van der Waals surface area contributed by atoms with Crippen LogP contribution in [0, 0.1) is 5.92 Å². The molecule has 0 bridgehead atoms. The Labute approximate surface area is 88.3 Å². The van der Waals surface area contributed by atoms with Gasteiger partial charge >= 0.3 is 0 Å². The highest BCUT2D eigenvalue weighted by molar-refractivity contribution is 7.12. The molecular weight excluding hydrogens is 194 g/mol. The van der Waals surface area contributed by atoms with Crippen LogP contribution in [0.4, 0.5) is 0 Å². The Morgan fingerprint density at radius 1 is 1.71 bits per heavy atom. The highest BCUT2D eigenvalue weighted by atomic mass is 32.1. The molecule has 1 fully saturated rings. The van der Waals surface area contributed by atoms with E-state index >= 15 is 0 Å². The van der Waals surface area contributed by atoms with Gasteiger partial charge in [0.25, 0.3) is 5.91 Å². The zero-order valence-electron chi connectivity index (χ0n) is 8.32. The number of nitrogens with one attached hydrogen (secondary N) is 1. The van der Waals surface area contributed by atoms with Crippen LogP contribution in [0.5, 0.6) is 0 Å². The second kappa shape index (κ2) is 4.13. The van der Waals surface area contributed by atoms with E-state index in [0.717, 1.165) is 10.8 Å². The fourth-order valence-corrected chi connectivity index (χ4v) is 2.39. The zero-order chi connectivity index (χ0) is 9.97. The molecule has 0 radical (unpaired) electrons. The molecule has 0 aliphatic heterocycles. The molecule has 0 saturated heterocycles. The summed E-state index contributed by atoms with van der Waals surface area (Å²) in [6.07, 6.45) is 3.64. The minimum Gasteiger partial charge on any atom is -0.348 e. The third-order valence-corrected chi connectivity index (χ3v) is 3.51. The molecule has 3 heteroatoms. The van der Waals surface area contributed by atoms with Crippen molar-refractivity contribution in [2.45, 2.75) is 32.2 Å². The Bertz CT molecular complexity index is 307. The first-order valence-corrected chi connectivity index (χ1v) is 6.03. The van der Waals surface area contributed by atoms with Crippen LogP contribution in [-0.2, 0) is 0 Å². The van der Waals surface area contributed by atoms with E-state index in [-0.39, 0.29) is 5.91 Å². The van der Waals surface area contributed by atoms with Crippen LogP contribution in [0.15, 0.2) is 17.5 Å². The number of hydrogen-bond donors (Lipinski definition) is 1. The van der Waals surface area contributed by atoms with Gasteiger partial charge in [-0.2, -0.15) is 0 Å². The van der Waals surface area contributed by atoms with Gasteiger partial charge in [0.2, 0.25) is 0 Å². The third-order valence-electron chi connectivity index (χ3n) is 2.64. The van der Waals surface area contributed by atoms with Gasteiger partial charge in [-0.05, 0) is 30.2 Å². The predicted octanol–water partition coefficient (Wildman–Crippen LogP) is 2.67. The van der Waals surface area contributed by atoms with Gasteiger partial charge in [-0.25, -0.2) is 0 Å². The molecule has 0 aromatic carbocycles. The molecule has 2 rings (SSSR count). The van der Waals surface area contributed by atoms with Crippen molar-refractivity contribution < 1.29 is 4.79 Å². The topological polar surface area (TPSA) is 29.1 Å². The van der Waals surface area contributed by atoms with E-state index in [1.165, 1.54) is 30.6 Å². The Balaban J connectivity index is 1.80. The van der Waals surface area contributed by atoms with Gasteiger partial charge in [-0.1, -0.05) is 19.4 Å². The molecule has 1 aliphatic carbocycles. The van der Waals surface area contributed by atoms with Crippen LogP contribution < -0.4 is 5.32 Å². The molecule has 2 nitrogen and oxygen atoms in total. The highest BCUT2D eigenvalue weighted by Crippen LogP contribution is 2.34. The van der Waals surface area contributed by atoms with Crippen LogP contribution in [-0.4, -0.2) is 11.9 Å². The van der Waals surface area contributed by atoms with Crippen LogP contribution in [0.2, 0.25) is 0 Å². The average molecular weight is 209 g/mol. The van der Waals surface area contributed by atoms with Crippen LogP contribution >= 0.6 is 11.3 Å². The summed E-state index contributed by atoms with van der Waals surface area (Å²) in [5.74, 6) is 0.840. The first-order valence-electron chi connectivity index (χ1n) is 5.15. The number of amides is 1. The second-order valence-electron chi connectivity index (χ2n) is 3.84. The van der Waals surface area contributed by atoms with Crippen molar-refractivity contribution in [2.24, 2.45) is 5.92 Å². The minimum atomic E-state index is 0.101. The zero-order valence-corrected chi connectivity index (χ0v) is 9.14. The van der Waals surface area contributed by atoms with E-state index in [2.05, 4.69) is 12.2 Å². The quantitative estimate of drug-likeness (QED) is 0.811. The maximum absolute atomic E-state index is 11.6. The molecule has 76 valence electrons. The lowest BCUT2D eigenvalue weighted by Gasteiger charge is -2.01. The second-order valence-corrected chi connectivity index (χ2v) is 4.79. The third kappa shape index (κ3) is 2.15. The molecule has 2 atom stereocenters. The largest absolute Gasteiger partial charge is 0.348 e. The van der Waals surface area contributed by atoms with E-state index in [9.17, 15) is 4.79 Å². The van der Waals surface area contributed by atoms with Crippen molar-refractivity contribution in [2.75, 3.05) is 0 Å². The van der Waals surface area contributed by atoms with E-state index < -0.39 is 0 Å². The number of rotatable bonds is 4. The number of hydrogen-bond acceptors (Lipinski definition) is 2. The first kappa shape index (κ1) is 9.71. The van der Waals surface area contributed by atoms with E-state index in [0.29, 0.717) is 6.04 Å². The molecule has 1 amide bonds. The summed E-state index contributed by atoms with van der Waals surface area (Å²) >= 11 is 1.50. The van der Waals surface area contributed by atoms with Crippen molar-refractivity contribution >= 4 is 17.2 Å². The minimum absolute atomic E-state index is 0.101. The summed E-state index contributed by atoms with van der Waals surface area (Å²) in [6.45, 7) is 2.19. The standard InChI is InChI=1S/C11H15NOS/c1-2-4-8-7-9(8)12-11(13)10-5-3-6-14-10/h3,5-6,8-9H,2,4,7H2,1H3,(H,12,13). The summed E-state index contributed by atoms with van der Waals surface area (Å²) < 4.78 is 0. The van der Waals surface area contributed by atoms with Gasteiger partial charge in [0.05, 0.1) is 4.88 Å². The molecule has 1 aliphatic rings. The number of thiophene rings is 1. The fourth-order valence-electron chi connectivity index (χ4n) is 1.76. The van der Waals surface area contributed by atoms with E-state index in [1.807, 2.05) is 17.5 Å². The SMILES string of the molecule is CCCC1CC1NC(=O)c1cccs1. The Morgan fingerprint density at radius 2 is 2.57 bits per heavy atom. The molecule has 1 heterocycles. The van der Waals surface area contributed by atoms with Crippen molar-refractivity contribution in [1.82, 2.24) is 5.32 Å². The van der Waals surface area contributed by atoms with Crippen molar-refractivity contribution in [3.63, 3.8) is 0 Å². The van der Waals surface area contributed by atoms with Crippen LogP contribution in [0.3, 0.4) is 0 Å². The molecule has 0 spiro atoms. The molecular formula is C11H15NOS. The van der Waals surface area contributed by atoms with E-state index in [4.69, 9.17) is 0 Å². The summed E-state index contributed by atoms with van der Waals surface area (Å²) in [6, 6.07) is 4.23. The Hall–Kier alpha value is -0.830. The van der Waals surface area contributed by atoms with Crippen molar-refractivity contribution in [1.29, 1.82) is 0 Å². The maximum Gasteiger partial charge on any atom is 0.261 e. The fraction of sp³-hybridized carbons (Fsp3) is 0.545. The Morgan fingerprint density at radius 3 is 3.21 bits per heavy atom. The van der Waals surface area contributed by atoms with Gasteiger partial charge in [-0.15, -0.1) is 11.3 Å². The maximum atomic E-state index is 11.6. The van der Waals surface area contributed by atoms with Gasteiger partial charge in [0.15, 0.2) is 0 Å². The smallest absolute Gasteiger partial charge is 0.261 e. The van der Waals surface area contributed by atoms with Gasteiger partial charge in [0.1, 0.15) is 0 Å². The average Bonchev–Trinajstić information content (AvgIpc) is 2.71. The highest BCUT2D eigenvalue weighted by Gasteiger charge is 2.37. The number of carbonyl (C=O) groups is 1. The Kier molecular flexibility index (Phi) is 2.87. The molecule has 2 unspecified atom stereocenters. The van der Waals surface area contributed by atoms with Gasteiger partial charge in [-0.3, -0.25) is 4.79 Å². The van der Waals surface area contributed by atoms with E-state index in [1.54, 1.807) is 0 Å². The molecule has 14 heavy (non-hydrogen) atoms. The lowest BCUT2D eigenvalue weighted by atomic mass is 10.2. The predicted molar refractivity (Wildman–Crippen MR) is 58.6 cm³/mol. The van der Waals surface area contributed by atoms with Crippen molar-refractivity contribution in [3.8, 4) is 0 Å². The first-order chi connectivity index (χ1) is 6.81. The summed E-state index contributed by atoms with van der Waals surface area (Å²) in [5.41, 5.74) is 0. The number of carbonyl (C=O) groups excluding carboxylic acids is 1. The molecule has 1 aromatic rings. The molecule has 1 aromatic heterocycles. The molecule has 1 N–H and O–H groups in total. The normalized spacial score (nSPS) is 24.6. The summed E-state index contributed by atoms with van der Waals surface area (Å²) in [5, 5.41) is 5.00. The van der Waals surface area contributed by atoms with Crippen LogP contribution in [0.25, 0.3) is 0 Å². The van der Waals surface area contributed by atoms with Gasteiger partial charge < -0.3 is 5.32 Å². The lowest BCUT2D eigenvalue weighted by molar-refractivity contribution is 0.0953. The molecule has 1 saturated carbocycles. The van der Waals surface area contributed by atoms with Crippen molar-refractivity contribution in [3.05, 3.63) is 22.4 Å².